The third-order valence-corrected chi connectivity index (χ3v) is 1.15. The van der Waals surface area contributed by atoms with Crippen molar-refractivity contribution >= 4 is 11.8 Å². The molecule has 1 N–H and O–H groups in total. The lowest BCUT2D eigenvalue weighted by Gasteiger charge is -1.98. The van der Waals surface area contributed by atoms with Crippen LogP contribution < -0.4 is 0 Å². The molecule has 0 aromatic heterocycles. The van der Waals surface area contributed by atoms with Crippen LogP contribution in [0.2, 0.25) is 0 Å². The van der Waals surface area contributed by atoms with E-state index in [-0.39, 0.29) is 0 Å². The number of alkyl halides is 2. The number of nitrogens with zero attached hydrogens (tertiary/aromatic N) is 1. The molecule has 0 aromatic rings. The predicted octanol–water partition coefficient (Wildman–Crippen LogP) is -0.579. The Morgan fingerprint density at radius 1 is 1.20 bits per heavy atom. The summed E-state index contributed by atoms with van der Waals surface area (Å²) in [7, 11) is 0. The summed E-state index contributed by atoms with van der Waals surface area (Å²) in [6.45, 7) is 0. The second kappa shape index (κ2) is 1.98. The van der Waals surface area contributed by atoms with Crippen LogP contribution in [-0.2, 0) is 9.59 Å². The molecule has 2 unspecified atom stereocenters. The first kappa shape index (κ1) is 7.07. The molecule has 0 bridgehead atoms. The largest absolute Gasteiger partial charge is 0.291 e. The van der Waals surface area contributed by atoms with E-state index in [4.69, 9.17) is 5.21 Å². The molecule has 0 spiro atoms. The van der Waals surface area contributed by atoms with Crippen molar-refractivity contribution in [2.45, 2.75) is 12.3 Å². The van der Waals surface area contributed by atoms with Gasteiger partial charge in [0.1, 0.15) is 0 Å². The number of hydrogen-bond acceptors (Lipinski definition) is 3. The molecule has 4 nitrogen and oxygen atoms in total. The number of halogens is 2. The molecule has 0 radical (unpaired) electrons. The van der Waals surface area contributed by atoms with Crippen molar-refractivity contribution in [3.8, 4) is 0 Å². The zero-order valence-corrected chi connectivity index (χ0v) is 4.62. The van der Waals surface area contributed by atoms with Crippen molar-refractivity contribution in [3.05, 3.63) is 0 Å². The first-order valence-corrected chi connectivity index (χ1v) is 2.40. The minimum Gasteiger partial charge on any atom is -0.278 e. The van der Waals surface area contributed by atoms with Crippen LogP contribution in [-0.4, -0.2) is 34.4 Å². The van der Waals surface area contributed by atoms with Crippen molar-refractivity contribution < 1.29 is 23.6 Å². The van der Waals surface area contributed by atoms with Gasteiger partial charge in [-0.05, 0) is 0 Å². The summed E-state index contributed by atoms with van der Waals surface area (Å²) in [5.74, 6) is -3.09. The molecule has 1 aliphatic rings. The average molecular weight is 151 g/mol. The summed E-state index contributed by atoms with van der Waals surface area (Å²) < 4.78 is 24.1. The molecule has 1 fully saturated rings. The summed E-state index contributed by atoms with van der Waals surface area (Å²) in [6, 6.07) is 0. The number of carbonyl (C=O) groups excluding carboxylic acids is 2. The van der Waals surface area contributed by atoms with Crippen molar-refractivity contribution in [2.24, 2.45) is 0 Å². The van der Waals surface area contributed by atoms with Gasteiger partial charge in [-0.25, -0.2) is 8.78 Å². The summed E-state index contributed by atoms with van der Waals surface area (Å²) in [5, 5.41) is 7.72. The van der Waals surface area contributed by atoms with Gasteiger partial charge in [-0.1, -0.05) is 0 Å². The van der Waals surface area contributed by atoms with Crippen LogP contribution in [0.15, 0.2) is 0 Å². The van der Waals surface area contributed by atoms with Crippen molar-refractivity contribution in [3.63, 3.8) is 0 Å². The average Bonchev–Trinajstić information content (AvgIpc) is 2.07. The summed E-state index contributed by atoms with van der Waals surface area (Å²) in [5.41, 5.74) is 0. The topological polar surface area (TPSA) is 57.6 Å². The monoisotopic (exact) mass is 151 g/mol. The Kier molecular flexibility index (Phi) is 1.40. The highest BCUT2D eigenvalue weighted by Gasteiger charge is 2.48. The van der Waals surface area contributed by atoms with E-state index in [1.54, 1.807) is 0 Å². The molecule has 0 aromatic carbocycles. The van der Waals surface area contributed by atoms with Crippen molar-refractivity contribution in [2.75, 3.05) is 0 Å². The van der Waals surface area contributed by atoms with Gasteiger partial charge in [-0.2, -0.15) is 5.06 Å². The third-order valence-electron chi connectivity index (χ3n) is 1.15. The van der Waals surface area contributed by atoms with E-state index >= 15 is 0 Å². The molecule has 10 heavy (non-hydrogen) atoms. The maximum atomic E-state index is 12.1. The van der Waals surface area contributed by atoms with Gasteiger partial charge >= 0.3 is 0 Å². The summed E-state index contributed by atoms with van der Waals surface area (Å²) >= 11 is 0. The smallest absolute Gasteiger partial charge is 0.278 e. The van der Waals surface area contributed by atoms with Crippen LogP contribution in [0, 0.1) is 0 Å². The maximum Gasteiger partial charge on any atom is 0.291 e. The van der Waals surface area contributed by atoms with Gasteiger partial charge in [0, 0.05) is 0 Å². The SMILES string of the molecule is O=C1C(F)C(F)C(=O)N1O. The molecule has 0 aliphatic carbocycles. The van der Waals surface area contributed by atoms with Gasteiger partial charge in [0.15, 0.2) is 0 Å². The Balaban J connectivity index is 2.89. The number of hydroxylamine groups is 2. The number of imide groups is 1. The molecule has 1 aliphatic heterocycles. The number of hydrogen-bond donors (Lipinski definition) is 1. The maximum absolute atomic E-state index is 12.1. The Hall–Kier alpha value is -1.04. The van der Waals surface area contributed by atoms with E-state index in [2.05, 4.69) is 0 Å². The van der Waals surface area contributed by atoms with Crippen LogP contribution >= 0.6 is 0 Å². The van der Waals surface area contributed by atoms with Crippen LogP contribution in [0.3, 0.4) is 0 Å². The first-order chi connectivity index (χ1) is 4.55. The lowest BCUT2D eigenvalue weighted by molar-refractivity contribution is -0.173. The van der Waals surface area contributed by atoms with E-state index in [9.17, 15) is 18.4 Å². The molecule has 2 amide bonds. The minimum atomic E-state index is -2.54. The zero-order chi connectivity index (χ0) is 7.89. The fourth-order valence-corrected chi connectivity index (χ4v) is 0.593. The Morgan fingerprint density at radius 2 is 1.50 bits per heavy atom. The van der Waals surface area contributed by atoms with Crippen LogP contribution in [0.5, 0.6) is 0 Å². The Labute approximate surface area is 54.0 Å². The number of rotatable bonds is 0. The second-order valence-electron chi connectivity index (χ2n) is 1.79. The van der Waals surface area contributed by atoms with Crippen LogP contribution in [0.4, 0.5) is 8.78 Å². The van der Waals surface area contributed by atoms with Crippen molar-refractivity contribution in [1.82, 2.24) is 5.06 Å². The third kappa shape index (κ3) is 0.688. The molecular formula is C4H3F2NO3. The van der Waals surface area contributed by atoms with Gasteiger partial charge < -0.3 is 0 Å². The molecule has 1 heterocycles. The minimum absolute atomic E-state index is 0.546. The summed E-state index contributed by atoms with van der Waals surface area (Å²) in [4.78, 5) is 20.3. The second-order valence-corrected chi connectivity index (χ2v) is 1.79. The highest BCUT2D eigenvalue weighted by atomic mass is 19.2. The molecule has 56 valence electrons. The molecule has 6 heteroatoms. The van der Waals surface area contributed by atoms with E-state index in [1.807, 2.05) is 0 Å². The standard InChI is InChI=1S/C4H3F2NO3/c5-1-2(6)4(9)7(10)3(1)8/h1-2,10H. The fraction of sp³-hybridized carbons (Fsp3) is 0.500. The molecule has 1 rings (SSSR count). The van der Waals surface area contributed by atoms with Gasteiger partial charge in [0.25, 0.3) is 11.8 Å². The molecule has 1 saturated heterocycles. The lowest BCUT2D eigenvalue weighted by Crippen LogP contribution is -2.27. The Bertz CT molecular complexity index is 175. The van der Waals surface area contributed by atoms with Gasteiger partial charge in [0.05, 0.1) is 0 Å². The molecular weight excluding hydrogens is 148 g/mol. The highest BCUT2D eigenvalue weighted by molar-refractivity contribution is 6.06. The van der Waals surface area contributed by atoms with E-state index in [0.29, 0.717) is 0 Å². The quantitative estimate of drug-likeness (QED) is 0.372. The van der Waals surface area contributed by atoms with Crippen molar-refractivity contribution in [1.29, 1.82) is 0 Å². The number of carbonyl (C=O) groups is 2. The van der Waals surface area contributed by atoms with Gasteiger partial charge in [-0.3, -0.25) is 14.8 Å². The predicted molar refractivity (Wildman–Crippen MR) is 23.4 cm³/mol. The lowest BCUT2D eigenvalue weighted by atomic mass is 10.3. The van der Waals surface area contributed by atoms with E-state index in [1.165, 1.54) is 0 Å². The van der Waals surface area contributed by atoms with E-state index in [0.717, 1.165) is 0 Å². The fourth-order valence-electron chi connectivity index (χ4n) is 0.593. The number of amides is 2. The highest BCUT2D eigenvalue weighted by Crippen LogP contribution is 2.17. The van der Waals surface area contributed by atoms with E-state index < -0.39 is 29.2 Å². The van der Waals surface area contributed by atoms with Crippen LogP contribution in [0.25, 0.3) is 0 Å². The Morgan fingerprint density at radius 3 is 1.60 bits per heavy atom. The normalized spacial score (nSPS) is 33.7. The summed E-state index contributed by atoms with van der Waals surface area (Å²) in [6.07, 6.45) is -5.09. The molecule has 2 atom stereocenters. The van der Waals surface area contributed by atoms with Crippen LogP contribution in [0.1, 0.15) is 0 Å². The first-order valence-electron chi connectivity index (χ1n) is 2.40. The molecule has 0 saturated carbocycles. The zero-order valence-electron chi connectivity index (χ0n) is 4.62. The van der Waals surface area contributed by atoms with Gasteiger partial charge in [0.2, 0.25) is 12.3 Å². The van der Waals surface area contributed by atoms with Gasteiger partial charge in [-0.15, -0.1) is 0 Å².